The summed E-state index contributed by atoms with van der Waals surface area (Å²) in [4.78, 5) is 7.31. The first kappa shape index (κ1) is 16.9. The van der Waals surface area contributed by atoms with Crippen molar-refractivity contribution in [3.8, 4) is 11.4 Å². The highest BCUT2D eigenvalue weighted by Crippen LogP contribution is 2.29. The van der Waals surface area contributed by atoms with Gasteiger partial charge in [-0.25, -0.2) is 4.98 Å². The average Bonchev–Trinajstić information content (AvgIpc) is 3.37. The van der Waals surface area contributed by atoms with E-state index in [4.69, 9.17) is 14.8 Å². The van der Waals surface area contributed by atoms with Crippen molar-refractivity contribution in [1.29, 1.82) is 0 Å². The molecule has 0 saturated carbocycles. The number of ether oxygens (including phenoxy) is 1. The molecular formula is C21H22N6O. The van der Waals surface area contributed by atoms with Crippen LogP contribution in [0.5, 0.6) is 0 Å². The third kappa shape index (κ3) is 3.03. The van der Waals surface area contributed by atoms with E-state index in [9.17, 15) is 0 Å². The van der Waals surface area contributed by atoms with Crippen LogP contribution in [0.2, 0.25) is 0 Å². The lowest BCUT2D eigenvalue weighted by molar-refractivity contribution is 0.0986. The largest absolute Gasteiger partial charge is 0.377 e. The second kappa shape index (κ2) is 7.09. The lowest BCUT2D eigenvalue weighted by atomic mass is 10.2. The van der Waals surface area contributed by atoms with Crippen LogP contribution in [0.25, 0.3) is 22.4 Å². The maximum Gasteiger partial charge on any atom is 0.136 e. The maximum absolute atomic E-state index is 5.57. The molecule has 4 heterocycles. The van der Waals surface area contributed by atoms with Crippen LogP contribution in [0, 0.1) is 0 Å². The second-order valence-electron chi connectivity index (χ2n) is 7.12. The number of H-pyrrole nitrogens is 1. The van der Waals surface area contributed by atoms with Crippen LogP contribution < -0.4 is 4.90 Å². The summed E-state index contributed by atoms with van der Waals surface area (Å²) >= 11 is 0. The molecule has 1 aliphatic rings. The summed E-state index contributed by atoms with van der Waals surface area (Å²) in [7, 11) is 0. The third-order valence-electron chi connectivity index (χ3n) is 5.18. The Morgan fingerprint density at radius 1 is 1.14 bits per heavy atom. The van der Waals surface area contributed by atoms with Gasteiger partial charge in [-0.3, -0.25) is 9.78 Å². The fourth-order valence-corrected chi connectivity index (χ4v) is 3.72. The van der Waals surface area contributed by atoms with Crippen LogP contribution >= 0.6 is 0 Å². The molecule has 0 amide bonds. The highest BCUT2D eigenvalue weighted by molar-refractivity contribution is 5.90. The summed E-state index contributed by atoms with van der Waals surface area (Å²) in [5, 5.41) is 12.0. The second-order valence-corrected chi connectivity index (χ2v) is 7.12. The quantitative estimate of drug-likeness (QED) is 0.594. The van der Waals surface area contributed by atoms with Gasteiger partial charge in [-0.05, 0) is 30.7 Å². The number of morpholine rings is 1. The first-order valence-corrected chi connectivity index (χ1v) is 9.55. The molecule has 7 heteroatoms. The number of hydrogen-bond acceptors (Lipinski definition) is 5. The number of nitrogens with one attached hydrogen (secondary N) is 1. The maximum atomic E-state index is 5.57. The summed E-state index contributed by atoms with van der Waals surface area (Å²) < 4.78 is 7.59. The van der Waals surface area contributed by atoms with Crippen molar-refractivity contribution in [1.82, 2.24) is 25.0 Å². The van der Waals surface area contributed by atoms with E-state index in [1.807, 2.05) is 28.9 Å². The van der Waals surface area contributed by atoms with Gasteiger partial charge in [-0.2, -0.15) is 10.2 Å². The van der Waals surface area contributed by atoms with Gasteiger partial charge >= 0.3 is 0 Å². The van der Waals surface area contributed by atoms with Crippen LogP contribution in [0.4, 0.5) is 5.82 Å². The number of hydrogen-bond donors (Lipinski definition) is 1. The lowest BCUT2D eigenvalue weighted by Crippen LogP contribution is -2.44. The smallest absolute Gasteiger partial charge is 0.136 e. The number of anilines is 1. The number of aromatic amines is 1. The van der Waals surface area contributed by atoms with Crippen LogP contribution in [0.15, 0.2) is 54.7 Å². The molecule has 0 radical (unpaired) electrons. The molecule has 4 aromatic rings. The Bertz CT molecular complexity index is 1070. The molecular weight excluding hydrogens is 352 g/mol. The SMILES string of the molecule is C[C@@H]1COCCN1c1ccc2c(n1)c(-c1ccn[nH]1)nn2Cc1ccccc1. The zero-order valence-electron chi connectivity index (χ0n) is 15.7. The van der Waals surface area contributed by atoms with Crippen LogP contribution in [-0.2, 0) is 11.3 Å². The van der Waals surface area contributed by atoms with E-state index in [0.29, 0.717) is 12.6 Å². The van der Waals surface area contributed by atoms with Gasteiger partial charge in [0.2, 0.25) is 0 Å². The summed E-state index contributed by atoms with van der Waals surface area (Å²) in [6, 6.07) is 16.8. The Kier molecular flexibility index (Phi) is 4.29. The number of rotatable bonds is 4. The van der Waals surface area contributed by atoms with Crippen molar-refractivity contribution >= 4 is 16.9 Å². The van der Waals surface area contributed by atoms with Gasteiger partial charge in [0.15, 0.2) is 0 Å². The average molecular weight is 374 g/mol. The molecule has 0 unspecified atom stereocenters. The Morgan fingerprint density at radius 2 is 2.04 bits per heavy atom. The fourth-order valence-electron chi connectivity index (χ4n) is 3.72. The van der Waals surface area contributed by atoms with E-state index >= 15 is 0 Å². The molecule has 1 saturated heterocycles. The molecule has 142 valence electrons. The molecule has 0 spiro atoms. The van der Waals surface area contributed by atoms with Gasteiger partial charge in [0.1, 0.15) is 17.0 Å². The van der Waals surface area contributed by atoms with Crippen LogP contribution in [-0.4, -0.2) is 50.8 Å². The van der Waals surface area contributed by atoms with Gasteiger partial charge in [0.25, 0.3) is 0 Å². The van der Waals surface area contributed by atoms with Gasteiger partial charge in [-0.15, -0.1) is 0 Å². The molecule has 1 N–H and O–H groups in total. The molecule has 28 heavy (non-hydrogen) atoms. The minimum atomic E-state index is 0.300. The van der Waals surface area contributed by atoms with Crippen molar-refractivity contribution in [3.63, 3.8) is 0 Å². The van der Waals surface area contributed by atoms with Gasteiger partial charge in [0.05, 0.1) is 37.0 Å². The minimum absolute atomic E-state index is 0.300. The Morgan fingerprint density at radius 3 is 2.82 bits per heavy atom. The predicted octanol–water partition coefficient (Wildman–Crippen LogP) is 3.09. The molecule has 0 aliphatic carbocycles. The Hall–Kier alpha value is -3.19. The molecule has 1 fully saturated rings. The van der Waals surface area contributed by atoms with Crippen molar-refractivity contribution in [2.45, 2.75) is 19.5 Å². The minimum Gasteiger partial charge on any atom is -0.377 e. The normalized spacial score (nSPS) is 17.3. The third-order valence-corrected chi connectivity index (χ3v) is 5.18. The van der Waals surface area contributed by atoms with E-state index in [-0.39, 0.29) is 0 Å². The molecule has 5 rings (SSSR count). The summed E-state index contributed by atoms with van der Waals surface area (Å²) in [6.45, 7) is 5.16. The van der Waals surface area contributed by atoms with Crippen LogP contribution in [0.1, 0.15) is 12.5 Å². The zero-order valence-corrected chi connectivity index (χ0v) is 15.7. The monoisotopic (exact) mass is 374 g/mol. The van der Waals surface area contributed by atoms with Gasteiger partial charge in [-0.1, -0.05) is 30.3 Å². The van der Waals surface area contributed by atoms with Gasteiger partial charge in [0, 0.05) is 12.7 Å². The van der Waals surface area contributed by atoms with E-state index < -0.39 is 0 Å². The van der Waals surface area contributed by atoms with Crippen molar-refractivity contribution < 1.29 is 4.74 Å². The molecule has 3 aromatic heterocycles. The van der Waals surface area contributed by atoms with E-state index in [1.54, 1.807) is 6.20 Å². The molecule has 1 aliphatic heterocycles. The molecule has 1 atom stereocenters. The number of nitrogens with zero attached hydrogens (tertiary/aromatic N) is 5. The Labute approximate surface area is 163 Å². The molecule has 0 bridgehead atoms. The number of benzene rings is 1. The van der Waals surface area contributed by atoms with Gasteiger partial charge < -0.3 is 9.64 Å². The molecule has 1 aromatic carbocycles. The van der Waals surface area contributed by atoms with E-state index in [1.165, 1.54) is 5.56 Å². The predicted molar refractivity (Wildman–Crippen MR) is 108 cm³/mol. The van der Waals surface area contributed by atoms with E-state index in [2.05, 4.69) is 46.3 Å². The number of fused-ring (bicyclic) bond motifs is 1. The summed E-state index contributed by atoms with van der Waals surface area (Å²) in [5.74, 6) is 0.961. The van der Waals surface area contributed by atoms with Crippen molar-refractivity contribution in [3.05, 3.63) is 60.3 Å². The summed E-state index contributed by atoms with van der Waals surface area (Å²) in [6.07, 6.45) is 1.74. The first-order valence-electron chi connectivity index (χ1n) is 9.55. The Balaban J connectivity index is 1.62. The topological polar surface area (TPSA) is 71.9 Å². The standard InChI is InChI=1S/C21H22N6O/c1-15-14-28-12-11-26(15)19-8-7-18-21(23-19)20(17-9-10-22-24-17)25-27(18)13-16-5-3-2-4-6-16/h2-10,15H,11-14H2,1H3,(H,22,24)/t15-/m1/s1. The fraction of sp³-hybridized carbons (Fsp3) is 0.286. The number of pyridine rings is 1. The van der Waals surface area contributed by atoms with Crippen LogP contribution in [0.3, 0.4) is 0 Å². The zero-order chi connectivity index (χ0) is 18.9. The molecule has 7 nitrogen and oxygen atoms in total. The lowest BCUT2D eigenvalue weighted by Gasteiger charge is -2.34. The highest BCUT2D eigenvalue weighted by atomic mass is 16.5. The van der Waals surface area contributed by atoms with Crippen molar-refractivity contribution in [2.24, 2.45) is 0 Å². The van der Waals surface area contributed by atoms with E-state index in [0.717, 1.165) is 48.0 Å². The number of aromatic nitrogens is 5. The first-order chi connectivity index (χ1) is 13.8. The summed E-state index contributed by atoms with van der Waals surface area (Å²) in [5.41, 5.74) is 4.80. The van der Waals surface area contributed by atoms with Crippen molar-refractivity contribution in [2.75, 3.05) is 24.7 Å². The highest BCUT2D eigenvalue weighted by Gasteiger charge is 2.22.